The summed E-state index contributed by atoms with van der Waals surface area (Å²) >= 11 is 0. The van der Waals surface area contributed by atoms with E-state index in [0.29, 0.717) is 0 Å². The summed E-state index contributed by atoms with van der Waals surface area (Å²) in [6.45, 7) is 5.72. The molecule has 0 unspecified atom stereocenters. The van der Waals surface area contributed by atoms with E-state index in [2.05, 4.69) is 0 Å². The molecule has 0 saturated carbocycles. The molecule has 2 fully saturated rings. The quantitative estimate of drug-likeness (QED) is 0.123. The number of imide groups is 1. The van der Waals surface area contributed by atoms with Gasteiger partial charge in [0.05, 0.1) is 0 Å². The summed E-state index contributed by atoms with van der Waals surface area (Å²) in [6.07, 6.45) is -17.0. The van der Waals surface area contributed by atoms with E-state index in [1.165, 1.54) is 0 Å². The minimum atomic E-state index is -1.88. The van der Waals surface area contributed by atoms with Gasteiger partial charge in [-0.3, -0.25) is 48.5 Å². The molecule has 0 aromatic rings. The molecule has 0 radical (unpaired) electrons. The van der Waals surface area contributed by atoms with Gasteiger partial charge >= 0.3 is 41.8 Å². The van der Waals surface area contributed by atoms with Crippen LogP contribution in [0.5, 0.6) is 0 Å². The summed E-state index contributed by atoms with van der Waals surface area (Å²) < 4.78 is 54.8. The van der Waals surface area contributed by atoms with Crippen LogP contribution in [0, 0.1) is 0 Å². The van der Waals surface area contributed by atoms with E-state index in [9.17, 15) is 43.2 Å². The van der Waals surface area contributed by atoms with Crippen molar-refractivity contribution in [2.75, 3.05) is 13.2 Å². The fourth-order valence-corrected chi connectivity index (χ4v) is 4.86. The predicted molar refractivity (Wildman–Crippen MR) is 147 cm³/mol. The number of hydrogen-bond acceptors (Lipinski definition) is 19. The zero-order chi connectivity index (χ0) is 36.3. The molecule has 0 bridgehead atoms. The van der Waals surface area contributed by atoms with Crippen molar-refractivity contribution in [3.05, 3.63) is 0 Å². The molecule has 0 spiro atoms. The number of nitrogens with one attached hydrogen (secondary N) is 1. The van der Waals surface area contributed by atoms with Crippen molar-refractivity contribution < 1.29 is 90.5 Å². The van der Waals surface area contributed by atoms with Crippen LogP contribution < -0.4 is 5.32 Å². The van der Waals surface area contributed by atoms with Crippen molar-refractivity contribution in [2.24, 2.45) is 0 Å². The lowest BCUT2D eigenvalue weighted by Crippen LogP contribution is -2.68. The van der Waals surface area contributed by atoms with Crippen molar-refractivity contribution in [3.8, 4) is 0 Å². The van der Waals surface area contributed by atoms with Crippen LogP contribution in [-0.4, -0.2) is 129 Å². The Kier molecular flexibility index (Phi) is 14.8. The molecule has 0 aliphatic carbocycles. The maximum absolute atomic E-state index is 12.9. The molecule has 48 heavy (non-hydrogen) atoms. The van der Waals surface area contributed by atoms with Crippen LogP contribution in [0.25, 0.3) is 0 Å². The number of esters is 7. The molecule has 2 aliphatic rings. The number of ether oxygens (including phenoxy) is 10. The molecule has 10 atom stereocenters. The second kappa shape index (κ2) is 18.0. The normalized spacial score (nSPS) is 29.6. The molecule has 1 N–H and O–H groups in total. The summed E-state index contributed by atoms with van der Waals surface area (Å²) in [4.78, 5) is 108. The highest BCUT2D eigenvalue weighted by molar-refractivity contribution is 5.90. The zero-order valence-corrected chi connectivity index (χ0v) is 27.0. The largest absolute Gasteiger partial charge is 0.463 e. The molecule has 2 heterocycles. The molecule has 20 nitrogen and oxygen atoms in total. The van der Waals surface area contributed by atoms with Gasteiger partial charge in [0.15, 0.2) is 42.9 Å². The standard InChI is InChI=1S/C28H37NO19/c1-11(31)39-8-18-21(22(42-14(4)34)24(44-16(6)36)25(46-18)27(38)29-10-30)48-28-26(45-17(7)37)23(43-15(5)35)20(41-13(3)33)19(47-28)9-40-12(2)32/h10,18-26,28H,8-9H2,1-7H3,(H,29,30,38)/t18-,19-,20-,21-,22+,23+,24-,25-,26-,28-/m1/s1. The molecular formula is C28H37NO19. The molecular weight excluding hydrogens is 654 g/mol. The second-order valence-electron chi connectivity index (χ2n) is 10.3. The highest BCUT2D eigenvalue weighted by Gasteiger charge is 2.58. The molecule has 0 aromatic heterocycles. The maximum atomic E-state index is 12.9. The number of rotatable bonds is 13. The fourth-order valence-electron chi connectivity index (χ4n) is 4.86. The summed E-state index contributed by atoms with van der Waals surface area (Å²) in [5.41, 5.74) is 0. The Morgan fingerprint density at radius 3 is 1.35 bits per heavy atom. The van der Waals surface area contributed by atoms with Gasteiger partial charge in [-0.25, -0.2) is 0 Å². The first-order chi connectivity index (χ1) is 22.4. The van der Waals surface area contributed by atoms with E-state index in [1.54, 1.807) is 0 Å². The first-order valence-electron chi connectivity index (χ1n) is 14.3. The average molecular weight is 692 g/mol. The van der Waals surface area contributed by atoms with E-state index in [1.807, 2.05) is 5.32 Å². The van der Waals surface area contributed by atoms with Gasteiger partial charge in [-0.2, -0.15) is 0 Å². The average Bonchev–Trinajstić information content (AvgIpc) is 2.94. The van der Waals surface area contributed by atoms with Crippen molar-refractivity contribution >= 4 is 54.1 Å². The summed E-state index contributed by atoms with van der Waals surface area (Å²) in [7, 11) is 0. The molecule has 2 amide bonds. The van der Waals surface area contributed by atoms with E-state index >= 15 is 0 Å². The lowest BCUT2D eigenvalue weighted by Gasteiger charge is -2.48. The Morgan fingerprint density at radius 2 is 0.917 bits per heavy atom. The Balaban J connectivity index is 2.76. The third-order valence-electron chi connectivity index (χ3n) is 6.39. The van der Waals surface area contributed by atoms with Gasteiger partial charge < -0.3 is 47.4 Å². The number of hydrogen-bond donors (Lipinski definition) is 1. The number of carbonyl (C=O) groups excluding carboxylic acids is 9. The SMILES string of the molecule is CC(=O)OC[C@H]1O[C@@H](C(=O)NC=O)[C@H](OC(C)=O)[C@@H](OC(C)=O)[C@@H]1O[C@H]1O[C@H](COC(C)=O)[C@@H](OC(C)=O)[C@H](OC(C)=O)[C@H]1OC(C)=O. The molecule has 268 valence electrons. The Hall–Kier alpha value is -4.69. The lowest BCUT2D eigenvalue weighted by molar-refractivity contribution is -0.343. The topological polar surface area (TPSA) is 258 Å². The Bertz CT molecular complexity index is 1250. The van der Waals surface area contributed by atoms with Gasteiger partial charge in [-0.05, 0) is 0 Å². The van der Waals surface area contributed by atoms with Crippen LogP contribution in [0.2, 0.25) is 0 Å². The van der Waals surface area contributed by atoms with Crippen LogP contribution in [0.4, 0.5) is 0 Å². The lowest BCUT2D eigenvalue weighted by atomic mass is 9.93. The van der Waals surface area contributed by atoms with Crippen LogP contribution >= 0.6 is 0 Å². The highest BCUT2D eigenvalue weighted by Crippen LogP contribution is 2.35. The molecule has 2 saturated heterocycles. The summed E-state index contributed by atoms with van der Waals surface area (Å²) in [5, 5.41) is 1.84. The minimum absolute atomic E-state index is 0.0124. The smallest absolute Gasteiger partial charge is 0.303 e. The van der Waals surface area contributed by atoms with Crippen molar-refractivity contribution in [3.63, 3.8) is 0 Å². The van der Waals surface area contributed by atoms with Crippen LogP contribution in [0.1, 0.15) is 48.5 Å². The van der Waals surface area contributed by atoms with E-state index in [4.69, 9.17) is 47.4 Å². The Morgan fingerprint density at radius 1 is 0.521 bits per heavy atom. The summed E-state index contributed by atoms with van der Waals surface area (Å²) in [6, 6.07) is 0. The van der Waals surface area contributed by atoms with Crippen LogP contribution in [-0.2, 0) is 90.5 Å². The highest BCUT2D eigenvalue weighted by atomic mass is 16.8. The summed E-state index contributed by atoms with van der Waals surface area (Å²) in [5.74, 6) is -7.54. The van der Waals surface area contributed by atoms with Gasteiger partial charge in [0.25, 0.3) is 5.91 Å². The first-order valence-corrected chi connectivity index (χ1v) is 14.3. The Labute approximate surface area is 273 Å². The molecule has 2 aliphatic heterocycles. The van der Waals surface area contributed by atoms with Crippen LogP contribution in [0.3, 0.4) is 0 Å². The van der Waals surface area contributed by atoms with Crippen molar-refractivity contribution in [2.45, 2.75) is 110 Å². The number of amides is 2. The predicted octanol–water partition coefficient (Wildman–Crippen LogP) is -2.08. The molecule has 20 heteroatoms. The van der Waals surface area contributed by atoms with E-state index in [0.717, 1.165) is 48.5 Å². The zero-order valence-electron chi connectivity index (χ0n) is 27.0. The van der Waals surface area contributed by atoms with Gasteiger partial charge in [0, 0.05) is 48.5 Å². The third-order valence-corrected chi connectivity index (χ3v) is 6.39. The first kappa shape index (κ1) is 39.5. The van der Waals surface area contributed by atoms with Gasteiger partial charge in [0.2, 0.25) is 6.41 Å². The molecule has 0 aromatic carbocycles. The minimum Gasteiger partial charge on any atom is -0.463 e. The fraction of sp³-hybridized carbons (Fsp3) is 0.679. The third kappa shape index (κ3) is 11.5. The van der Waals surface area contributed by atoms with Gasteiger partial charge in [-0.15, -0.1) is 0 Å². The van der Waals surface area contributed by atoms with Crippen molar-refractivity contribution in [1.29, 1.82) is 0 Å². The monoisotopic (exact) mass is 691 g/mol. The van der Waals surface area contributed by atoms with Crippen molar-refractivity contribution in [1.82, 2.24) is 5.32 Å². The van der Waals surface area contributed by atoms with E-state index in [-0.39, 0.29) is 6.41 Å². The van der Waals surface area contributed by atoms with Crippen LogP contribution in [0.15, 0.2) is 0 Å². The maximum Gasteiger partial charge on any atom is 0.303 e. The number of carbonyl (C=O) groups is 9. The second-order valence-corrected chi connectivity index (χ2v) is 10.3. The van der Waals surface area contributed by atoms with Gasteiger partial charge in [-0.1, -0.05) is 0 Å². The molecule has 2 rings (SSSR count). The van der Waals surface area contributed by atoms with E-state index < -0.39 is 122 Å². The van der Waals surface area contributed by atoms with Gasteiger partial charge in [0.1, 0.15) is 31.5 Å².